The van der Waals surface area contributed by atoms with E-state index in [2.05, 4.69) is 18.4 Å². The quantitative estimate of drug-likeness (QED) is 0.226. The molecular formula is C22H24N4O5. The van der Waals surface area contributed by atoms with E-state index >= 15 is 0 Å². The molecule has 0 aliphatic rings. The Kier molecular flexibility index (Phi) is 7.32. The van der Waals surface area contributed by atoms with E-state index in [0.717, 1.165) is 29.6 Å². The van der Waals surface area contributed by atoms with Gasteiger partial charge in [-0.15, -0.1) is 0 Å². The third-order valence-corrected chi connectivity index (χ3v) is 4.73. The number of hydrogen-bond donors (Lipinski definition) is 1. The van der Waals surface area contributed by atoms with E-state index in [4.69, 9.17) is 10.5 Å². The predicted molar refractivity (Wildman–Crippen MR) is 114 cm³/mol. The number of nitro groups is 1. The number of benzene rings is 1. The summed E-state index contributed by atoms with van der Waals surface area (Å²) in [7, 11) is 0. The van der Waals surface area contributed by atoms with Gasteiger partial charge in [0.1, 0.15) is 18.2 Å². The molecule has 162 valence electrons. The smallest absolute Gasteiger partial charge is 0.349 e. The zero-order chi connectivity index (χ0) is 23.3. The summed E-state index contributed by atoms with van der Waals surface area (Å²) in [5.74, 6) is -1.28. The van der Waals surface area contributed by atoms with Crippen LogP contribution in [0.15, 0.2) is 29.8 Å². The van der Waals surface area contributed by atoms with E-state index in [9.17, 15) is 25.0 Å². The molecule has 0 saturated carbocycles. The summed E-state index contributed by atoms with van der Waals surface area (Å²) >= 11 is 0. The van der Waals surface area contributed by atoms with Crippen molar-refractivity contribution >= 4 is 23.6 Å². The van der Waals surface area contributed by atoms with Crippen LogP contribution in [0.3, 0.4) is 0 Å². The molecule has 9 heteroatoms. The fourth-order valence-corrected chi connectivity index (χ4v) is 3.14. The third-order valence-electron chi connectivity index (χ3n) is 4.73. The van der Waals surface area contributed by atoms with Crippen LogP contribution in [0.4, 0.5) is 5.69 Å². The number of hydrogen-bond acceptors (Lipinski definition) is 6. The number of primary amides is 1. The highest BCUT2D eigenvalue weighted by Gasteiger charge is 2.20. The van der Waals surface area contributed by atoms with Crippen LogP contribution in [0.1, 0.15) is 46.7 Å². The SMILES string of the molecule is Cc1cc(/C=C(\C#N)C(=O)OCc2ccc(C(N)=O)cc2[N+](=O)[O-])c(C)n1CC(C)C. The monoisotopic (exact) mass is 424 g/mol. The number of ether oxygens (including phenoxy) is 1. The minimum absolute atomic E-state index is 0.0314. The van der Waals surface area contributed by atoms with Gasteiger partial charge in [0, 0.05) is 29.6 Å². The number of esters is 1. The zero-order valence-electron chi connectivity index (χ0n) is 17.8. The molecule has 1 amide bonds. The number of aryl methyl sites for hydroxylation is 1. The Labute approximate surface area is 179 Å². The molecule has 0 fully saturated rings. The summed E-state index contributed by atoms with van der Waals surface area (Å²) in [6.07, 6.45) is 1.45. The molecule has 0 atom stereocenters. The lowest BCUT2D eigenvalue weighted by Gasteiger charge is -2.12. The summed E-state index contributed by atoms with van der Waals surface area (Å²) in [4.78, 5) is 34.2. The topological polar surface area (TPSA) is 141 Å². The first kappa shape index (κ1) is 23.3. The second-order valence-corrected chi connectivity index (χ2v) is 7.54. The van der Waals surface area contributed by atoms with Gasteiger partial charge in [-0.1, -0.05) is 13.8 Å². The molecule has 0 radical (unpaired) electrons. The highest BCUT2D eigenvalue weighted by Crippen LogP contribution is 2.23. The summed E-state index contributed by atoms with van der Waals surface area (Å²) in [6, 6.07) is 7.34. The Morgan fingerprint density at radius 2 is 2.00 bits per heavy atom. The van der Waals surface area contributed by atoms with Crippen molar-refractivity contribution in [1.29, 1.82) is 5.26 Å². The lowest BCUT2D eigenvalue weighted by molar-refractivity contribution is -0.385. The minimum Gasteiger partial charge on any atom is -0.456 e. The lowest BCUT2D eigenvalue weighted by Crippen LogP contribution is -2.12. The van der Waals surface area contributed by atoms with Crippen LogP contribution < -0.4 is 5.73 Å². The van der Waals surface area contributed by atoms with Gasteiger partial charge < -0.3 is 15.0 Å². The molecule has 0 aliphatic carbocycles. The van der Waals surface area contributed by atoms with Crippen molar-refractivity contribution in [3.05, 3.63) is 68.0 Å². The van der Waals surface area contributed by atoms with E-state index in [1.54, 1.807) is 0 Å². The van der Waals surface area contributed by atoms with Crippen molar-refractivity contribution in [1.82, 2.24) is 4.57 Å². The number of rotatable bonds is 8. The average Bonchev–Trinajstić information content (AvgIpc) is 2.96. The molecule has 31 heavy (non-hydrogen) atoms. The van der Waals surface area contributed by atoms with Gasteiger partial charge in [-0.25, -0.2) is 4.79 Å². The van der Waals surface area contributed by atoms with Crippen LogP contribution in [0.2, 0.25) is 0 Å². The standard InChI is InChI=1S/C22H24N4O5/c1-13(2)11-25-14(3)7-18(15(25)4)8-19(10-23)22(28)31-12-17-6-5-16(21(24)27)9-20(17)26(29)30/h5-9,13H,11-12H2,1-4H3,(H2,24,27)/b19-8+. The molecule has 0 spiro atoms. The van der Waals surface area contributed by atoms with Crippen molar-refractivity contribution < 1.29 is 19.2 Å². The molecule has 0 unspecified atom stereocenters. The summed E-state index contributed by atoms with van der Waals surface area (Å²) in [5.41, 5.74) is 7.23. The number of nitrogens with two attached hydrogens (primary N) is 1. The van der Waals surface area contributed by atoms with E-state index in [1.807, 2.05) is 26.0 Å². The molecule has 2 aromatic rings. The number of carbonyl (C=O) groups excluding carboxylic acids is 2. The molecule has 0 saturated heterocycles. The maximum absolute atomic E-state index is 12.4. The Morgan fingerprint density at radius 3 is 2.55 bits per heavy atom. The van der Waals surface area contributed by atoms with Crippen LogP contribution in [0.5, 0.6) is 0 Å². The fraction of sp³-hybridized carbons (Fsp3) is 0.318. The van der Waals surface area contributed by atoms with Gasteiger partial charge in [0.05, 0.1) is 10.5 Å². The first-order valence-corrected chi connectivity index (χ1v) is 9.57. The van der Waals surface area contributed by atoms with Crippen molar-refractivity contribution in [2.45, 2.75) is 40.8 Å². The molecule has 0 aliphatic heterocycles. The minimum atomic E-state index is -0.899. The molecule has 1 aromatic heterocycles. The van der Waals surface area contributed by atoms with Crippen molar-refractivity contribution in [2.75, 3.05) is 0 Å². The van der Waals surface area contributed by atoms with Crippen molar-refractivity contribution in [3.63, 3.8) is 0 Å². The van der Waals surface area contributed by atoms with Crippen LogP contribution >= 0.6 is 0 Å². The van der Waals surface area contributed by atoms with Gasteiger partial charge in [-0.3, -0.25) is 14.9 Å². The Balaban J connectivity index is 2.25. The molecule has 2 rings (SSSR count). The van der Waals surface area contributed by atoms with Crippen LogP contribution in [0.25, 0.3) is 6.08 Å². The lowest BCUT2D eigenvalue weighted by atomic mass is 10.1. The van der Waals surface area contributed by atoms with Gasteiger partial charge in [-0.05, 0) is 49.6 Å². The number of nitro benzene ring substituents is 1. The molecule has 1 aromatic carbocycles. The number of amides is 1. The summed E-state index contributed by atoms with van der Waals surface area (Å²) in [5, 5.41) is 20.7. The Morgan fingerprint density at radius 1 is 1.32 bits per heavy atom. The Bertz CT molecular complexity index is 1110. The number of carbonyl (C=O) groups is 2. The van der Waals surface area contributed by atoms with Crippen molar-refractivity contribution in [3.8, 4) is 6.07 Å². The van der Waals surface area contributed by atoms with Crippen molar-refractivity contribution in [2.24, 2.45) is 11.7 Å². The second kappa shape index (κ2) is 9.71. The van der Waals surface area contributed by atoms with Crippen LogP contribution in [-0.4, -0.2) is 21.4 Å². The first-order valence-electron chi connectivity index (χ1n) is 9.57. The number of aromatic nitrogens is 1. The van der Waals surface area contributed by atoms with Gasteiger partial charge in [0.25, 0.3) is 5.69 Å². The van der Waals surface area contributed by atoms with E-state index in [0.29, 0.717) is 5.92 Å². The van der Waals surface area contributed by atoms with Crippen LogP contribution in [0, 0.1) is 41.2 Å². The van der Waals surface area contributed by atoms with Gasteiger partial charge in [0.2, 0.25) is 5.91 Å². The van der Waals surface area contributed by atoms with Gasteiger partial charge in [0.15, 0.2) is 0 Å². The number of nitriles is 1. The highest BCUT2D eigenvalue weighted by molar-refractivity contribution is 5.98. The maximum Gasteiger partial charge on any atom is 0.349 e. The Hall–Kier alpha value is -3.93. The van der Waals surface area contributed by atoms with Gasteiger partial charge in [-0.2, -0.15) is 5.26 Å². The zero-order valence-corrected chi connectivity index (χ0v) is 17.8. The molecule has 1 heterocycles. The summed E-state index contributed by atoms with van der Waals surface area (Å²) < 4.78 is 7.24. The van der Waals surface area contributed by atoms with Crippen LogP contribution in [-0.2, 0) is 22.7 Å². The van der Waals surface area contributed by atoms with Gasteiger partial charge >= 0.3 is 5.97 Å². The molecule has 0 bridgehead atoms. The molecule has 2 N–H and O–H groups in total. The van der Waals surface area contributed by atoms with E-state index in [-0.39, 0.29) is 16.7 Å². The highest BCUT2D eigenvalue weighted by atomic mass is 16.6. The first-order chi connectivity index (χ1) is 14.5. The largest absolute Gasteiger partial charge is 0.456 e. The predicted octanol–water partition coefficient (Wildman–Crippen LogP) is 3.42. The maximum atomic E-state index is 12.4. The third kappa shape index (κ3) is 5.57. The van der Waals surface area contributed by atoms with E-state index in [1.165, 1.54) is 18.2 Å². The number of nitrogens with zero attached hydrogens (tertiary/aromatic N) is 3. The summed E-state index contributed by atoms with van der Waals surface area (Å²) in [6.45, 7) is 8.43. The normalized spacial score (nSPS) is 11.3. The molecule has 9 nitrogen and oxygen atoms in total. The van der Waals surface area contributed by atoms with E-state index < -0.39 is 29.1 Å². The fourth-order valence-electron chi connectivity index (χ4n) is 3.14. The molecular weight excluding hydrogens is 400 g/mol. The average molecular weight is 424 g/mol. The second-order valence-electron chi connectivity index (χ2n) is 7.54.